The van der Waals surface area contributed by atoms with E-state index >= 15 is 0 Å². The fourth-order valence-corrected chi connectivity index (χ4v) is 3.67. The maximum absolute atomic E-state index is 5.33. The van der Waals surface area contributed by atoms with E-state index in [-0.39, 0.29) is 6.04 Å². The van der Waals surface area contributed by atoms with E-state index in [1.54, 1.807) is 26.0 Å². The molecule has 24 heavy (non-hydrogen) atoms. The lowest BCUT2D eigenvalue weighted by Crippen LogP contribution is -2.27. The largest absolute Gasteiger partial charge is 0.497 e. The van der Waals surface area contributed by atoms with Crippen LogP contribution in [0.4, 0.5) is 0 Å². The second-order valence-corrected chi connectivity index (χ2v) is 6.70. The second-order valence-electron chi connectivity index (χ2n) is 5.73. The molecular formula is C19H22N2O2S. The molecule has 1 aliphatic heterocycles. The zero-order chi connectivity index (χ0) is 16.9. The Bertz CT molecular complexity index is 696. The fraction of sp³-hybridized carbons (Fsp3) is 0.316. The van der Waals surface area contributed by atoms with Crippen LogP contribution < -0.4 is 14.8 Å². The first-order valence-electron chi connectivity index (χ1n) is 7.93. The van der Waals surface area contributed by atoms with E-state index in [1.807, 2.05) is 24.3 Å². The minimum atomic E-state index is 0.175. The number of aliphatic imine (C=N–C) groups is 1. The maximum Gasteiger partial charge on any atom is 0.157 e. The Balaban J connectivity index is 1.69. The molecule has 4 nitrogen and oxygen atoms in total. The van der Waals surface area contributed by atoms with Gasteiger partial charge in [-0.1, -0.05) is 42.1 Å². The standard InChI is InChI=1S/C19H22N2O2S/c1-13-18(15-7-5-4-6-8-15)21-19(20-13)24-12-14-9-16(22-2)11-17(10-14)23-3/h4-11,13,18H,12H2,1-3H3,(H,20,21)/t13-,18-/m1/s1. The van der Waals surface area contributed by atoms with Gasteiger partial charge < -0.3 is 14.8 Å². The number of hydrogen-bond donors (Lipinski definition) is 1. The van der Waals surface area contributed by atoms with Crippen LogP contribution in [0.5, 0.6) is 11.5 Å². The van der Waals surface area contributed by atoms with Crippen LogP contribution in [0.1, 0.15) is 24.1 Å². The minimum Gasteiger partial charge on any atom is -0.497 e. The van der Waals surface area contributed by atoms with Crippen LogP contribution in [0.25, 0.3) is 0 Å². The summed E-state index contributed by atoms with van der Waals surface area (Å²) in [6.07, 6.45) is 0. The van der Waals surface area contributed by atoms with Crippen molar-refractivity contribution in [1.29, 1.82) is 0 Å². The van der Waals surface area contributed by atoms with Crippen LogP contribution >= 0.6 is 11.8 Å². The van der Waals surface area contributed by atoms with E-state index in [0.717, 1.165) is 28.0 Å². The van der Waals surface area contributed by atoms with Crippen molar-refractivity contribution in [1.82, 2.24) is 5.32 Å². The van der Waals surface area contributed by atoms with Gasteiger partial charge in [0.15, 0.2) is 5.17 Å². The Morgan fingerprint density at radius 3 is 2.33 bits per heavy atom. The molecule has 0 bridgehead atoms. The third-order valence-corrected chi connectivity index (χ3v) is 4.98. The van der Waals surface area contributed by atoms with Crippen molar-refractivity contribution in [3.63, 3.8) is 0 Å². The fourth-order valence-electron chi connectivity index (χ4n) is 2.74. The lowest BCUT2D eigenvalue weighted by atomic mass is 10.0. The number of benzene rings is 2. The van der Waals surface area contributed by atoms with Crippen LogP contribution in [0, 0.1) is 0 Å². The molecule has 5 heteroatoms. The van der Waals surface area contributed by atoms with Gasteiger partial charge in [-0.25, -0.2) is 0 Å². The summed E-state index contributed by atoms with van der Waals surface area (Å²) < 4.78 is 10.7. The lowest BCUT2D eigenvalue weighted by Gasteiger charge is -2.13. The molecular weight excluding hydrogens is 320 g/mol. The molecule has 0 saturated heterocycles. The van der Waals surface area contributed by atoms with Gasteiger partial charge >= 0.3 is 0 Å². The van der Waals surface area contributed by atoms with Crippen LogP contribution in [-0.4, -0.2) is 25.4 Å². The summed E-state index contributed by atoms with van der Waals surface area (Å²) in [7, 11) is 3.33. The smallest absolute Gasteiger partial charge is 0.157 e. The molecule has 1 aliphatic rings. The number of nitrogens with zero attached hydrogens (tertiary/aromatic N) is 1. The predicted octanol–water partition coefficient (Wildman–Crippen LogP) is 4.03. The third kappa shape index (κ3) is 3.85. The van der Waals surface area contributed by atoms with Crippen molar-refractivity contribution >= 4 is 16.9 Å². The first-order chi connectivity index (χ1) is 11.7. The topological polar surface area (TPSA) is 42.8 Å². The Morgan fingerprint density at radius 2 is 1.71 bits per heavy atom. The molecule has 0 unspecified atom stereocenters. The average Bonchev–Trinajstić information content (AvgIpc) is 3.01. The van der Waals surface area contributed by atoms with E-state index < -0.39 is 0 Å². The molecule has 0 fully saturated rings. The van der Waals surface area contributed by atoms with Crippen molar-refractivity contribution in [3.8, 4) is 11.5 Å². The summed E-state index contributed by atoms with van der Waals surface area (Å²) >= 11 is 1.71. The summed E-state index contributed by atoms with van der Waals surface area (Å²) in [5, 5.41) is 4.46. The third-order valence-electron chi connectivity index (χ3n) is 4.01. The molecule has 3 rings (SSSR count). The Kier molecular flexibility index (Phi) is 5.30. The van der Waals surface area contributed by atoms with Gasteiger partial charge in [-0.05, 0) is 30.2 Å². The normalized spacial score (nSPS) is 19.5. The number of hydrogen-bond acceptors (Lipinski definition) is 5. The molecule has 2 aromatic carbocycles. The first kappa shape index (κ1) is 16.7. The number of thioether (sulfide) groups is 1. The number of rotatable bonds is 5. The van der Waals surface area contributed by atoms with E-state index in [2.05, 4.69) is 36.5 Å². The summed E-state index contributed by atoms with van der Waals surface area (Å²) in [4.78, 5) is 4.85. The highest BCUT2D eigenvalue weighted by atomic mass is 32.2. The molecule has 1 N–H and O–H groups in total. The zero-order valence-electron chi connectivity index (χ0n) is 14.2. The molecule has 0 amide bonds. The van der Waals surface area contributed by atoms with Gasteiger partial charge in [0.1, 0.15) is 11.5 Å². The molecule has 0 spiro atoms. The Morgan fingerprint density at radius 1 is 1.04 bits per heavy atom. The monoisotopic (exact) mass is 342 g/mol. The molecule has 2 atom stereocenters. The SMILES string of the molecule is COc1cc(CSC2=N[C@@H](c3ccccc3)[C@@H](C)N2)cc(OC)c1. The van der Waals surface area contributed by atoms with Gasteiger partial charge in [-0.15, -0.1) is 0 Å². The summed E-state index contributed by atoms with van der Waals surface area (Å²) in [5.74, 6) is 2.43. The Labute approximate surface area is 147 Å². The van der Waals surface area contributed by atoms with Crippen LogP contribution in [0.2, 0.25) is 0 Å². The van der Waals surface area contributed by atoms with E-state index in [4.69, 9.17) is 14.5 Å². The predicted molar refractivity (Wildman–Crippen MR) is 100 cm³/mol. The van der Waals surface area contributed by atoms with Gasteiger partial charge in [0.05, 0.1) is 26.3 Å². The maximum atomic E-state index is 5.33. The van der Waals surface area contributed by atoms with Crippen molar-refractivity contribution in [2.45, 2.75) is 24.8 Å². The average molecular weight is 342 g/mol. The van der Waals surface area contributed by atoms with Crippen molar-refractivity contribution in [3.05, 3.63) is 59.7 Å². The highest BCUT2D eigenvalue weighted by molar-refractivity contribution is 8.13. The summed E-state index contributed by atoms with van der Waals surface area (Å²) in [6.45, 7) is 2.17. The molecule has 0 radical (unpaired) electrons. The molecule has 0 saturated carbocycles. The number of ether oxygens (including phenoxy) is 2. The van der Waals surface area contributed by atoms with E-state index in [1.165, 1.54) is 5.56 Å². The summed E-state index contributed by atoms with van der Waals surface area (Å²) in [6, 6.07) is 16.8. The van der Waals surface area contributed by atoms with Crippen molar-refractivity contribution in [2.24, 2.45) is 4.99 Å². The molecule has 126 valence electrons. The van der Waals surface area contributed by atoms with Gasteiger partial charge in [-0.2, -0.15) is 0 Å². The molecule has 1 heterocycles. The number of methoxy groups -OCH3 is 2. The van der Waals surface area contributed by atoms with Crippen LogP contribution in [-0.2, 0) is 5.75 Å². The molecule has 0 aromatic heterocycles. The first-order valence-corrected chi connectivity index (χ1v) is 8.92. The lowest BCUT2D eigenvalue weighted by molar-refractivity contribution is 0.393. The number of amidine groups is 1. The highest BCUT2D eigenvalue weighted by Gasteiger charge is 2.26. The Hall–Kier alpha value is -2.14. The quantitative estimate of drug-likeness (QED) is 0.891. The van der Waals surface area contributed by atoms with Crippen LogP contribution in [0.15, 0.2) is 53.5 Å². The van der Waals surface area contributed by atoms with Gasteiger partial charge in [0.2, 0.25) is 0 Å². The van der Waals surface area contributed by atoms with Crippen LogP contribution in [0.3, 0.4) is 0 Å². The van der Waals surface area contributed by atoms with Crippen molar-refractivity contribution < 1.29 is 9.47 Å². The van der Waals surface area contributed by atoms with E-state index in [9.17, 15) is 0 Å². The van der Waals surface area contributed by atoms with E-state index in [0.29, 0.717) is 6.04 Å². The van der Waals surface area contributed by atoms with Crippen molar-refractivity contribution in [2.75, 3.05) is 14.2 Å². The van der Waals surface area contributed by atoms with Gasteiger partial charge in [0.25, 0.3) is 0 Å². The van der Waals surface area contributed by atoms with Gasteiger partial charge in [0, 0.05) is 11.8 Å². The zero-order valence-corrected chi connectivity index (χ0v) is 15.0. The van der Waals surface area contributed by atoms with Gasteiger partial charge in [-0.3, -0.25) is 4.99 Å². The minimum absolute atomic E-state index is 0.175. The molecule has 0 aliphatic carbocycles. The molecule has 2 aromatic rings. The second kappa shape index (κ2) is 7.62. The summed E-state index contributed by atoms with van der Waals surface area (Å²) in [5.41, 5.74) is 2.40. The highest BCUT2D eigenvalue weighted by Crippen LogP contribution is 2.30. The number of nitrogens with one attached hydrogen (secondary N) is 1.